The molecule has 1 amide bonds. The summed E-state index contributed by atoms with van der Waals surface area (Å²) in [7, 11) is -7.35. The second kappa shape index (κ2) is 8.33. The molecule has 2 fully saturated rings. The number of hydrogen-bond acceptors (Lipinski definition) is 6. The number of carbonyl (C=O) groups excluding carboxylic acids is 1. The third-order valence-corrected chi connectivity index (χ3v) is 8.94. The first-order valence-electron chi connectivity index (χ1n) is 10.1. The van der Waals surface area contributed by atoms with Crippen molar-refractivity contribution < 1.29 is 25.8 Å². The van der Waals surface area contributed by atoms with Gasteiger partial charge in [-0.05, 0) is 55.7 Å². The number of amides is 1. The Hall–Kier alpha value is -2.14. The van der Waals surface area contributed by atoms with E-state index in [2.05, 4.69) is 0 Å². The maximum atomic E-state index is 13.3. The summed E-state index contributed by atoms with van der Waals surface area (Å²) in [6.45, 7) is 1.00. The molecule has 0 aromatic heterocycles. The van der Waals surface area contributed by atoms with Crippen LogP contribution in [-0.4, -0.2) is 52.9 Å². The number of nitrogens with zero attached hydrogens (tertiary/aromatic N) is 2. The van der Waals surface area contributed by atoms with Crippen LogP contribution in [0.3, 0.4) is 0 Å². The quantitative estimate of drug-likeness (QED) is 0.587. The Morgan fingerprint density at radius 2 is 1.50 bits per heavy atom. The van der Waals surface area contributed by atoms with Crippen molar-refractivity contribution in [1.82, 2.24) is 4.31 Å². The fraction of sp³-hybridized carbons (Fsp3) is 0.381. The van der Waals surface area contributed by atoms with Gasteiger partial charge in [0.05, 0.1) is 16.7 Å². The normalized spacial score (nSPS) is 19.4. The third kappa shape index (κ3) is 4.36. The molecule has 4 rings (SSSR count). The van der Waals surface area contributed by atoms with Crippen LogP contribution in [0.1, 0.15) is 19.3 Å². The Labute approximate surface area is 192 Å². The predicted molar refractivity (Wildman–Crippen MR) is 121 cm³/mol. The van der Waals surface area contributed by atoms with Crippen molar-refractivity contribution in [2.45, 2.75) is 24.2 Å². The van der Waals surface area contributed by atoms with Gasteiger partial charge in [0.1, 0.15) is 10.6 Å². The largest absolute Gasteiger partial charge is 0.383 e. The molecule has 0 radical (unpaired) electrons. The number of halogens is 1. The number of sulfonamides is 1. The van der Waals surface area contributed by atoms with Gasteiger partial charge < -0.3 is 9.08 Å². The van der Waals surface area contributed by atoms with Crippen molar-refractivity contribution >= 4 is 43.3 Å². The molecule has 2 aliphatic rings. The number of rotatable bonds is 5. The maximum absolute atomic E-state index is 13.3. The second-order valence-corrected chi connectivity index (χ2v) is 12.0. The van der Waals surface area contributed by atoms with Crippen molar-refractivity contribution in [2.75, 3.05) is 30.8 Å². The molecule has 2 aliphatic heterocycles. The Kier molecular flexibility index (Phi) is 6.00. The minimum absolute atomic E-state index is 0.0379. The molecule has 2 aromatic rings. The summed E-state index contributed by atoms with van der Waals surface area (Å²) >= 11 is 6.10. The lowest BCUT2D eigenvalue weighted by atomic mass is 9.77. The molecule has 2 heterocycles. The van der Waals surface area contributed by atoms with Crippen molar-refractivity contribution in [3.8, 4) is 5.75 Å². The van der Waals surface area contributed by atoms with Gasteiger partial charge >= 0.3 is 10.1 Å². The summed E-state index contributed by atoms with van der Waals surface area (Å²) in [5.41, 5.74) is 0.0490. The highest BCUT2D eigenvalue weighted by molar-refractivity contribution is 7.89. The number of carbonyl (C=O) groups is 1. The molecule has 11 heteroatoms. The first-order valence-corrected chi connectivity index (χ1v) is 13.7. The fourth-order valence-electron chi connectivity index (χ4n) is 4.33. The van der Waals surface area contributed by atoms with Crippen molar-refractivity contribution in [3.63, 3.8) is 0 Å². The third-order valence-electron chi connectivity index (χ3n) is 6.04. The molecule has 2 saturated heterocycles. The Morgan fingerprint density at radius 1 is 0.906 bits per heavy atom. The van der Waals surface area contributed by atoms with Gasteiger partial charge in [0.25, 0.3) is 0 Å². The van der Waals surface area contributed by atoms with E-state index in [1.54, 1.807) is 35.2 Å². The van der Waals surface area contributed by atoms with Crippen LogP contribution in [0.5, 0.6) is 5.75 Å². The van der Waals surface area contributed by atoms with E-state index >= 15 is 0 Å². The predicted octanol–water partition coefficient (Wildman–Crippen LogP) is 2.89. The smallest absolute Gasteiger partial charge is 0.306 e. The average molecular weight is 499 g/mol. The first kappa shape index (κ1) is 23.0. The number of piperidine rings is 1. The van der Waals surface area contributed by atoms with Crippen LogP contribution in [0.4, 0.5) is 5.69 Å². The highest BCUT2D eigenvalue weighted by atomic mass is 35.5. The van der Waals surface area contributed by atoms with Gasteiger partial charge in [-0.2, -0.15) is 12.7 Å². The molecular weight excluding hydrogens is 476 g/mol. The fourth-order valence-corrected chi connectivity index (χ4v) is 6.73. The molecule has 32 heavy (non-hydrogen) atoms. The topological polar surface area (TPSA) is 101 Å². The molecule has 0 bridgehead atoms. The lowest BCUT2D eigenvalue weighted by molar-refractivity contribution is -0.127. The van der Waals surface area contributed by atoms with Gasteiger partial charge in [0.15, 0.2) is 0 Å². The van der Waals surface area contributed by atoms with E-state index in [1.165, 1.54) is 22.5 Å². The molecule has 2 aromatic carbocycles. The molecule has 0 saturated carbocycles. The SMILES string of the molecule is CS(=O)(=O)Oc1ccc(N2CCC3(CCN(S(=O)(=O)c4ccccc4Cl)CC3)C2=O)cc1. The molecule has 1 spiro atoms. The monoisotopic (exact) mass is 498 g/mol. The highest BCUT2D eigenvalue weighted by Gasteiger charge is 2.50. The standard InChI is InChI=1S/C21H23ClN2O6S2/c1-31(26,27)30-17-8-6-16(7-9-17)24-15-12-21(20(24)25)10-13-23(14-11-21)32(28,29)19-5-3-2-4-18(19)22/h2-9H,10-15H2,1H3. The van der Waals surface area contributed by atoms with E-state index in [0.717, 1.165) is 6.26 Å². The number of hydrogen-bond donors (Lipinski definition) is 0. The van der Waals surface area contributed by atoms with Gasteiger partial charge in [0, 0.05) is 25.3 Å². The van der Waals surface area contributed by atoms with Gasteiger partial charge in [-0.3, -0.25) is 4.79 Å². The van der Waals surface area contributed by atoms with E-state index in [1.807, 2.05) is 0 Å². The Morgan fingerprint density at radius 3 is 2.09 bits per heavy atom. The van der Waals surface area contributed by atoms with E-state index in [-0.39, 0.29) is 34.7 Å². The van der Waals surface area contributed by atoms with Gasteiger partial charge in [-0.15, -0.1) is 0 Å². The summed E-state index contributed by atoms with van der Waals surface area (Å²) in [6.07, 6.45) is 2.46. The van der Waals surface area contributed by atoms with Crippen LogP contribution in [-0.2, 0) is 24.9 Å². The molecule has 172 valence electrons. The van der Waals surface area contributed by atoms with E-state index < -0.39 is 25.6 Å². The van der Waals surface area contributed by atoms with Crippen LogP contribution in [0, 0.1) is 5.41 Å². The lowest BCUT2D eigenvalue weighted by Gasteiger charge is -2.37. The highest BCUT2D eigenvalue weighted by Crippen LogP contribution is 2.44. The first-order chi connectivity index (χ1) is 15.0. The van der Waals surface area contributed by atoms with Gasteiger partial charge in [-0.1, -0.05) is 23.7 Å². The second-order valence-electron chi connectivity index (χ2n) is 8.10. The number of benzene rings is 2. The van der Waals surface area contributed by atoms with Crippen LogP contribution in [0.25, 0.3) is 0 Å². The van der Waals surface area contributed by atoms with Crippen LogP contribution >= 0.6 is 11.6 Å². The Balaban J connectivity index is 1.46. The van der Waals surface area contributed by atoms with Gasteiger partial charge in [-0.25, -0.2) is 8.42 Å². The Bertz CT molecular complexity index is 1240. The number of anilines is 1. The van der Waals surface area contributed by atoms with Crippen molar-refractivity contribution in [3.05, 3.63) is 53.6 Å². The van der Waals surface area contributed by atoms with Crippen LogP contribution in [0.2, 0.25) is 5.02 Å². The zero-order valence-corrected chi connectivity index (χ0v) is 19.8. The average Bonchev–Trinajstić information content (AvgIpc) is 3.04. The maximum Gasteiger partial charge on any atom is 0.306 e. The van der Waals surface area contributed by atoms with Crippen LogP contribution < -0.4 is 9.08 Å². The summed E-state index contributed by atoms with van der Waals surface area (Å²) in [6, 6.07) is 12.7. The van der Waals surface area contributed by atoms with E-state index in [9.17, 15) is 21.6 Å². The van der Waals surface area contributed by atoms with Crippen molar-refractivity contribution in [1.29, 1.82) is 0 Å². The van der Waals surface area contributed by atoms with Crippen molar-refractivity contribution in [2.24, 2.45) is 5.41 Å². The summed E-state index contributed by atoms with van der Waals surface area (Å²) < 4.78 is 54.8. The zero-order valence-electron chi connectivity index (χ0n) is 17.4. The van der Waals surface area contributed by atoms with E-state index in [0.29, 0.717) is 31.5 Å². The molecule has 8 nitrogen and oxygen atoms in total. The lowest BCUT2D eigenvalue weighted by Crippen LogP contribution is -2.46. The molecule has 0 N–H and O–H groups in total. The molecule has 0 aliphatic carbocycles. The van der Waals surface area contributed by atoms with Crippen LogP contribution in [0.15, 0.2) is 53.4 Å². The molecule has 0 atom stereocenters. The minimum atomic E-state index is -3.73. The van der Waals surface area contributed by atoms with E-state index in [4.69, 9.17) is 15.8 Å². The van der Waals surface area contributed by atoms with Gasteiger partial charge in [0.2, 0.25) is 15.9 Å². The molecule has 0 unspecified atom stereocenters. The zero-order chi connectivity index (χ0) is 23.1. The minimum Gasteiger partial charge on any atom is -0.383 e. The molecular formula is C21H23ClN2O6S2. The summed E-state index contributed by atoms with van der Waals surface area (Å²) in [5.74, 6) is 0.139. The summed E-state index contributed by atoms with van der Waals surface area (Å²) in [5, 5.41) is 0.180. The summed E-state index contributed by atoms with van der Waals surface area (Å²) in [4.78, 5) is 15.0.